The molecule has 1 aromatic carbocycles. The lowest BCUT2D eigenvalue weighted by atomic mass is 10.1. The number of ether oxygens (including phenoxy) is 2. The molecule has 0 fully saturated rings. The van der Waals surface area contributed by atoms with Crippen LogP contribution in [0.3, 0.4) is 0 Å². The van der Waals surface area contributed by atoms with E-state index in [0.29, 0.717) is 5.95 Å². The van der Waals surface area contributed by atoms with Crippen molar-refractivity contribution in [1.29, 1.82) is 0 Å². The van der Waals surface area contributed by atoms with E-state index in [1.165, 1.54) is 24.7 Å². The molecular formula is C14H15N4O2S+. The van der Waals surface area contributed by atoms with Crippen LogP contribution in [-0.2, 0) is 0 Å². The maximum atomic E-state index is 5.09. The second-order valence-electron chi connectivity index (χ2n) is 4.47. The second-order valence-corrected chi connectivity index (χ2v) is 5.43. The van der Waals surface area contributed by atoms with E-state index in [9.17, 15) is 0 Å². The third-order valence-electron chi connectivity index (χ3n) is 3.09. The van der Waals surface area contributed by atoms with Gasteiger partial charge in [-0.2, -0.15) is 0 Å². The topological polar surface area (TPSA) is 60.1 Å². The van der Waals surface area contributed by atoms with Crippen LogP contribution < -0.4 is 9.47 Å². The van der Waals surface area contributed by atoms with Gasteiger partial charge >= 0.3 is 18.0 Å². The first-order chi connectivity index (χ1) is 10.2. The predicted octanol–water partition coefficient (Wildman–Crippen LogP) is 2.02. The van der Waals surface area contributed by atoms with Crippen LogP contribution in [0.25, 0.3) is 0 Å². The fraction of sp³-hybridized carbons (Fsp3) is 0.286. The molecule has 1 aliphatic rings. The third-order valence-corrected chi connectivity index (χ3v) is 4.34. The number of methoxy groups -OCH3 is 2. The highest BCUT2D eigenvalue weighted by molar-refractivity contribution is 7.99. The van der Waals surface area contributed by atoms with Gasteiger partial charge in [0.15, 0.2) is 0 Å². The molecule has 21 heavy (non-hydrogen) atoms. The van der Waals surface area contributed by atoms with Crippen LogP contribution in [-0.4, -0.2) is 45.8 Å². The number of hydrogen-bond acceptors (Lipinski definition) is 6. The van der Waals surface area contributed by atoms with Crippen LogP contribution in [0.5, 0.6) is 12.0 Å². The largest absolute Gasteiger partial charge is 0.454 e. The molecule has 2 aromatic rings. The van der Waals surface area contributed by atoms with Crippen LogP contribution in [0.15, 0.2) is 23.1 Å². The summed E-state index contributed by atoms with van der Waals surface area (Å²) >= 11 is 1.76. The molecule has 0 spiro atoms. The second kappa shape index (κ2) is 5.69. The molecule has 3 rings (SSSR count). The summed E-state index contributed by atoms with van der Waals surface area (Å²) in [5.41, 5.74) is 2.43. The van der Waals surface area contributed by atoms with Gasteiger partial charge in [-0.15, -0.1) is 4.98 Å². The van der Waals surface area contributed by atoms with Crippen molar-refractivity contribution in [2.24, 2.45) is 0 Å². The number of hydrogen-bond donors (Lipinski definition) is 0. The standard InChI is InChI=1S/C14H15N4O2S/c1-9-5-4-6-10-7-18(8-21-11(9)10)12-15-13(19-2)17-14(16-12)20-3/h4-7H,8H2,1-3H3/q+1. The van der Waals surface area contributed by atoms with Crippen molar-refractivity contribution >= 4 is 23.9 Å². The van der Waals surface area contributed by atoms with E-state index in [2.05, 4.69) is 34.0 Å². The maximum absolute atomic E-state index is 5.09. The first-order valence-electron chi connectivity index (χ1n) is 6.39. The minimum absolute atomic E-state index is 0.241. The van der Waals surface area contributed by atoms with Crippen molar-refractivity contribution in [2.45, 2.75) is 11.8 Å². The fourth-order valence-corrected chi connectivity index (χ4v) is 3.11. The van der Waals surface area contributed by atoms with E-state index in [4.69, 9.17) is 9.47 Å². The fourth-order valence-electron chi connectivity index (χ4n) is 2.07. The van der Waals surface area contributed by atoms with Crippen molar-refractivity contribution in [3.8, 4) is 12.0 Å². The molecule has 0 atom stereocenters. The van der Waals surface area contributed by atoms with Crippen LogP contribution in [0.1, 0.15) is 11.1 Å². The third kappa shape index (κ3) is 2.69. The number of aromatic nitrogens is 3. The summed E-state index contributed by atoms with van der Waals surface area (Å²) < 4.78 is 12.1. The smallest absolute Gasteiger partial charge is 0.443 e. The molecule has 1 aliphatic heterocycles. The monoisotopic (exact) mass is 303 g/mol. The lowest BCUT2D eigenvalue weighted by molar-refractivity contribution is -0.420. The molecule has 0 saturated heterocycles. The van der Waals surface area contributed by atoms with Crippen LogP contribution in [0.2, 0.25) is 0 Å². The summed E-state index contributed by atoms with van der Waals surface area (Å²) in [6.45, 7) is 2.12. The van der Waals surface area contributed by atoms with E-state index in [1.807, 2.05) is 16.9 Å². The Kier molecular flexibility index (Phi) is 3.74. The summed E-state index contributed by atoms with van der Waals surface area (Å²) in [5, 5.41) is 0. The van der Waals surface area contributed by atoms with Gasteiger partial charge in [0.25, 0.3) is 0 Å². The van der Waals surface area contributed by atoms with Gasteiger partial charge in [0.1, 0.15) is 5.88 Å². The molecule has 0 aliphatic carbocycles. The van der Waals surface area contributed by atoms with E-state index >= 15 is 0 Å². The van der Waals surface area contributed by atoms with Crippen molar-refractivity contribution in [1.82, 2.24) is 15.0 Å². The Morgan fingerprint density at radius 2 is 1.81 bits per heavy atom. The van der Waals surface area contributed by atoms with Gasteiger partial charge < -0.3 is 9.47 Å². The first kappa shape index (κ1) is 13.8. The van der Waals surface area contributed by atoms with Crippen molar-refractivity contribution in [2.75, 3.05) is 20.1 Å². The molecule has 1 aromatic heterocycles. The summed E-state index contributed by atoms with van der Waals surface area (Å²) in [6.07, 6.45) is 2.03. The molecule has 0 bridgehead atoms. The van der Waals surface area contributed by atoms with Gasteiger partial charge in [0.2, 0.25) is 0 Å². The Morgan fingerprint density at radius 3 is 2.48 bits per heavy atom. The van der Waals surface area contributed by atoms with Crippen LogP contribution in [0, 0.1) is 6.92 Å². The number of aryl methyl sites for hydroxylation is 1. The highest BCUT2D eigenvalue weighted by Crippen LogP contribution is 2.30. The molecular weight excluding hydrogens is 288 g/mol. The highest BCUT2D eigenvalue weighted by atomic mass is 32.2. The summed E-state index contributed by atoms with van der Waals surface area (Å²) in [4.78, 5) is 13.9. The zero-order chi connectivity index (χ0) is 14.8. The molecule has 2 heterocycles. The number of fused-ring (bicyclic) bond motifs is 1. The number of nitrogens with zero attached hydrogens (tertiary/aromatic N) is 4. The normalized spacial score (nSPS) is 13.4. The maximum Gasteiger partial charge on any atom is 0.443 e. The number of thioether (sulfide) groups is 1. The lowest BCUT2D eigenvalue weighted by Gasteiger charge is -2.15. The molecule has 0 radical (unpaired) electrons. The van der Waals surface area contributed by atoms with Gasteiger partial charge in [-0.1, -0.05) is 30.0 Å². The Bertz CT molecular complexity index is 696. The van der Waals surface area contributed by atoms with Crippen molar-refractivity contribution in [3.05, 3.63) is 29.3 Å². The quantitative estimate of drug-likeness (QED) is 0.809. The SMILES string of the molecule is COc1nc(OC)nc([N+]2=Cc3cccc(C)c3SC2)n1. The zero-order valence-corrected chi connectivity index (χ0v) is 12.8. The van der Waals surface area contributed by atoms with E-state index in [0.717, 1.165) is 11.4 Å². The Labute approximate surface area is 126 Å². The number of rotatable bonds is 3. The number of benzene rings is 1. The van der Waals surface area contributed by atoms with Gasteiger partial charge in [0.05, 0.1) is 20.4 Å². The average molecular weight is 303 g/mol. The Morgan fingerprint density at radius 1 is 1.10 bits per heavy atom. The highest BCUT2D eigenvalue weighted by Gasteiger charge is 2.23. The lowest BCUT2D eigenvalue weighted by Crippen LogP contribution is -2.16. The van der Waals surface area contributed by atoms with Gasteiger partial charge in [-0.3, -0.25) is 0 Å². The summed E-state index contributed by atoms with van der Waals surface area (Å²) in [6, 6.07) is 6.72. The van der Waals surface area contributed by atoms with Gasteiger partial charge in [-0.25, -0.2) is 4.58 Å². The summed E-state index contributed by atoms with van der Waals surface area (Å²) in [5.74, 6) is 1.24. The Balaban J connectivity index is 2.05. The molecule has 108 valence electrons. The average Bonchev–Trinajstić information content (AvgIpc) is 2.54. The molecule has 0 saturated carbocycles. The van der Waals surface area contributed by atoms with Crippen molar-refractivity contribution < 1.29 is 14.0 Å². The molecule has 0 unspecified atom stereocenters. The molecule has 6 nitrogen and oxygen atoms in total. The predicted molar refractivity (Wildman–Crippen MR) is 79.9 cm³/mol. The van der Waals surface area contributed by atoms with Crippen LogP contribution in [0.4, 0.5) is 5.95 Å². The van der Waals surface area contributed by atoms with Crippen LogP contribution >= 0.6 is 11.8 Å². The molecule has 0 amide bonds. The first-order valence-corrected chi connectivity index (χ1v) is 7.38. The zero-order valence-electron chi connectivity index (χ0n) is 12.0. The van der Waals surface area contributed by atoms with Gasteiger partial charge in [-0.05, 0) is 22.5 Å². The van der Waals surface area contributed by atoms with E-state index in [-0.39, 0.29) is 12.0 Å². The van der Waals surface area contributed by atoms with Gasteiger partial charge in [0, 0.05) is 10.5 Å². The van der Waals surface area contributed by atoms with Crippen molar-refractivity contribution in [3.63, 3.8) is 0 Å². The van der Waals surface area contributed by atoms with E-state index in [1.54, 1.807) is 11.8 Å². The molecule has 0 N–H and O–H groups in total. The summed E-state index contributed by atoms with van der Waals surface area (Å²) in [7, 11) is 3.04. The molecule has 7 heteroatoms. The van der Waals surface area contributed by atoms with E-state index < -0.39 is 0 Å². The minimum Gasteiger partial charge on any atom is -0.454 e. The Hall–Kier alpha value is -2.15. The minimum atomic E-state index is 0.241.